The van der Waals surface area contributed by atoms with Crippen LogP contribution >= 0.6 is 0 Å². The smallest absolute Gasteiger partial charge is 0.0667 e. The highest BCUT2D eigenvalue weighted by molar-refractivity contribution is 4.89. The molecule has 4 heteroatoms. The lowest BCUT2D eigenvalue weighted by Gasteiger charge is -2.44. The van der Waals surface area contributed by atoms with Gasteiger partial charge in [0.25, 0.3) is 0 Å². The Hall–Kier alpha value is -0.160. The second-order valence-corrected chi connectivity index (χ2v) is 4.68. The van der Waals surface area contributed by atoms with E-state index in [0.717, 1.165) is 32.5 Å². The molecular formula is C10H19NO3. The lowest BCUT2D eigenvalue weighted by atomic mass is 9.86. The molecule has 2 heterocycles. The number of aliphatic hydroxyl groups excluding tert-OH is 2. The maximum atomic E-state index is 9.50. The molecule has 0 aromatic carbocycles. The van der Waals surface area contributed by atoms with E-state index >= 15 is 0 Å². The van der Waals surface area contributed by atoms with Gasteiger partial charge < -0.3 is 14.9 Å². The number of β-amino-alcohol motifs (C(OH)–C–C–N with tert-alkyl or cyclic N) is 1. The molecular weight excluding hydrogens is 182 g/mol. The molecule has 14 heavy (non-hydrogen) atoms. The molecule has 0 aliphatic carbocycles. The van der Waals surface area contributed by atoms with Crippen molar-refractivity contribution in [3.05, 3.63) is 0 Å². The van der Waals surface area contributed by atoms with Crippen molar-refractivity contribution in [3.8, 4) is 0 Å². The van der Waals surface area contributed by atoms with Crippen molar-refractivity contribution in [2.45, 2.75) is 18.9 Å². The summed E-state index contributed by atoms with van der Waals surface area (Å²) in [6.45, 7) is 4.17. The van der Waals surface area contributed by atoms with Crippen molar-refractivity contribution in [1.82, 2.24) is 4.90 Å². The predicted molar refractivity (Wildman–Crippen MR) is 52.0 cm³/mol. The van der Waals surface area contributed by atoms with Crippen molar-refractivity contribution in [2.75, 3.05) is 39.5 Å². The largest absolute Gasteiger partial charge is 0.396 e. The number of hydrogen-bond donors (Lipinski definition) is 2. The van der Waals surface area contributed by atoms with Gasteiger partial charge in [0.15, 0.2) is 0 Å². The van der Waals surface area contributed by atoms with Crippen molar-refractivity contribution >= 4 is 0 Å². The second kappa shape index (κ2) is 4.14. The number of piperidine rings is 1. The summed E-state index contributed by atoms with van der Waals surface area (Å²) in [5.41, 5.74) is -0.0446. The highest BCUT2D eigenvalue weighted by atomic mass is 16.5. The van der Waals surface area contributed by atoms with E-state index in [1.807, 2.05) is 0 Å². The van der Waals surface area contributed by atoms with Gasteiger partial charge in [0.2, 0.25) is 0 Å². The topological polar surface area (TPSA) is 52.9 Å². The van der Waals surface area contributed by atoms with E-state index < -0.39 is 0 Å². The van der Waals surface area contributed by atoms with Crippen LogP contribution in [-0.2, 0) is 4.74 Å². The van der Waals surface area contributed by atoms with Crippen LogP contribution in [0.2, 0.25) is 0 Å². The first-order chi connectivity index (χ1) is 6.74. The zero-order valence-electron chi connectivity index (χ0n) is 8.48. The molecule has 0 saturated carbocycles. The summed E-state index contributed by atoms with van der Waals surface area (Å²) in [7, 11) is 0. The Kier molecular flexibility index (Phi) is 3.07. The lowest BCUT2D eigenvalue weighted by molar-refractivity contribution is -0.152. The summed E-state index contributed by atoms with van der Waals surface area (Å²) in [5.74, 6) is 0. The third-order valence-electron chi connectivity index (χ3n) is 3.19. The Labute approximate surface area is 84.5 Å². The van der Waals surface area contributed by atoms with Gasteiger partial charge in [-0.1, -0.05) is 0 Å². The Morgan fingerprint density at radius 2 is 2.21 bits per heavy atom. The first-order valence-corrected chi connectivity index (χ1v) is 5.33. The molecule has 0 aromatic rings. The quantitative estimate of drug-likeness (QED) is 0.643. The first-order valence-electron chi connectivity index (χ1n) is 5.33. The summed E-state index contributed by atoms with van der Waals surface area (Å²) in [6, 6.07) is 0. The molecule has 0 unspecified atom stereocenters. The molecule has 1 atom stereocenters. The maximum absolute atomic E-state index is 9.50. The first kappa shape index (κ1) is 10.4. The maximum Gasteiger partial charge on any atom is 0.0667 e. The second-order valence-electron chi connectivity index (χ2n) is 4.68. The standard InChI is InChI=1S/C10H19NO3/c12-6-10(7-14-8-10)5-11-3-1-2-9(13)4-11/h9,12-13H,1-8H2/t9-/m0/s1. The molecule has 2 N–H and O–H groups in total. The predicted octanol–water partition coefficient (Wildman–Crippen LogP) is -0.548. The Morgan fingerprint density at radius 1 is 1.43 bits per heavy atom. The number of nitrogens with zero attached hydrogens (tertiary/aromatic N) is 1. The van der Waals surface area contributed by atoms with Crippen LogP contribution in [0.15, 0.2) is 0 Å². The number of hydrogen-bond acceptors (Lipinski definition) is 4. The van der Waals surface area contributed by atoms with Crippen LogP contribution in [0.3, 0.4) is 0 Å². The van der Waals surface area contributed by atoms with E-state index in [-0.39, 0.29) is 18.1 Å². The van der Waals surface area contributed by atoms with Crippen LogP contribution in [0.4, 0.5) is 0 Å². The molecule has 0 bridgehead atoms. The van der Waals surface area contributed by atoms with Gasteiger partial charge in [0, 0.05) is 13.1 Å². The Balaban J connectivity index is 1.83. The molecule has 2 aliphatic heterocycles. The highest BCUT2D eigenvalue weighted by Crippen LogP contribution is 2.28. The normalized spacial score (nSPS) is 32.6. The Morgan fingerprint density at radius 3 is 2.71 bits per heavy atom. The fourth-order valence-corrected chi connectivity index (χ4v) is 2.27. The summed E-state index contributed by atoms with van der Waals surface area (Å²) < 4.78 is 5.15. The van der Waals surface area contributed by atoms with Crippen molar-refractivity contribution in [2.24, 2.45) is 5.41 Å². The monoisotopic (exact) mass is 201 g/mol. The minimum atomic E-state index is -0.180. The zero-order chi connectivity index (χ0) is 10.0. The third kappa shape index (κ3) is 2.08. The van der Waals surface area contributed by atoms with Gasteiger partial charge in [0.05, 0.1) is 31.3 Å². The van der Waals surface area contributed by atoms with Crippen LogP contribution in [-0.4, -0.2) is 60.7 Å². The number of ether oxygens (including phenoxy) is 1. The van der Waals surface area contributed by atoms with Crippen LogP contribution < -0.4 is 0 Å². The molecule has 2 aliphatic rings. The van der Waals surface area contributed by atoms with Gasteiger partial charge in [0.1, 0.15) is 0 Å². The summed E-state index contributed by atoms with van der Waals surface area (Å²) in [5, 5.41) is 18.8. The van der Waals surface area contributed by atoms with Crippen LogP contribution in [0.5, 0.6) is 0 Å². The molecule has 2 rings (SSSR count). The molecule has 0 radical (unpaired) electrons. The summed E-state index contributed by atoms with van der Waals surface area (Å²) in [4.78, 5) is 2.24. The van der Waals surface area contributed by atoms with Crippen LogP contribution in [0, 0.1) is 5.41 Å². The van der Waals surface area contributed by atoms with Crippen molar-refractivity contribution in [3.63, 3.8) is 0 Å². The number of aliphatic hydroxyl groups is 2. The van der Waals surface area contributed by atoms with E-state index in [2.05, 4.69) is 4.90 Å². The van der Waals surface area contributed by atoms with E-state index in [0.29, 0.717) is 13.2 Å². The van der Waals surface area contributed by atoms with Gasteiger partial charge in [-0.2, -0.15) is 0 Å². The fraction of sp³-hybridized carbons (Fsp3) is 1.00. The van der Waals surface area contributed by atoms with Crippen molar-refractivity contribution in [1.29, 1.82) is 0 Å². The SMILES string of the molecule is OCC1(CN2CCC[C@H](O)C2)COC1. The minimum absolute atomic E-state index is 0.0446. The lowest BCUT2D eigenvalue weighted by Crippen LogP contribution is -2.55. The summed E-state index contributed by atoms with van der Waals surface area (Å²) >= 11 is 0. The van der Waals surface area contributed by atoms with Gasteiger partial charge in [-0.3, -0.25) is 4.90 Å². The molecule has 0 amide bonds. The fourth-order valence-electron chi connectivity index (χ4n) is 2.27. The van der Waals surface area contributed by atoms with Crippen LogP contribution in [0.1, 0.15) is 12.8 Å². The average molecular weight is 201 g/mol. The summed E-state index contributed by atoms with van der Waals surface area (Å²) in [6.07, 6.45) is 1.79. The molecule has 4 nitrogen and oxygen atoms in total. The van der Waals surface area contributed by atoms with Gasteiger partial charge in [-0.05, 0) is 19.4 Å². The van der Waals surface area contributed by atoms with Gasteiger partial charge >= 0.3 is 0 Å². The number of rotatable bonds is 3. The van der Waals surface area contributed by atoms with E-state index in [1.165, 1.54) is 0 Å². The molecule has 82 valence electrons. The average Bonchev–Trinajstić information content (AvgIpc) is 2.11. The molecule has 0 aromatic heterocycles. The van der Waals surface area contributed by atoms with E-state index in [1.54, 1.807) is 0 Å². The minimum Gasteiger partial charge on any atom is -0.396 e. The Bertz CT molecular complexity index is 188. The van der Waals surface area contributed by atoms with E-state index in [9.17, 15) is 10.2 Å². The highest BCUT2D eigenvalue weighted by Gasteiger charge is 2.40. The van der Waals surface area contributed by atoms with Crippen molar-refractivity contribution < 1.29 is 14.9 Å². The molecule has 2 fully saturated rings. The molecule has 2 saturated heterocycles. The number of likely N-dealkylation sites (tertiary alicyclic amines) is 1. The van der Waals surface area contributed by atoms with Gasteiger partial charge in [-0.25, -0.2) is 0 Å². The van der Waals surface area contributed by atoms with Crippen LogP contribution in [0.25, 0.3) is 0 Å². The zero-order valence-corrected chi connectivity index (χ0v) is 8.48. The molecule has 0 spiro atoms. The third-order valence-corrected chi connectivity index (χ3v) is 3.19. The van der Waals surface area contributed by atoms with Gasteiger partial charge in [-0.15, -0.1) is 0 Å². The van der Waals surface area contributed by atoms with E-state index in [4.69, 9.17) is 4.74 Å².